The highest BCUT2D eigenvalue weighted by molar-refractivity contribution is 7.85. The Balaban J connectivity index is 2.60. The van der Waals surface area contributed by atoms with Crippen LogP contribution >= 0.6 is 0 Å². The van der Waals surface area contributed by atoms with Crippen LogP contribution in [0, 0.1) is 0 Å². The lowest BCUT2D eigenvalue weighted by Gasteiger charge is -2.20. The van der Waals surface area contributed by atoms with E-state index in [1.54, 1.807) is 0 Å². The molecule has 1 aromatic carbocycles. The molecule has 3 unspecified atom stereocenters. The molecule has 0 aliphatic carbocycles. The van der Waals surface area contributed by atoms with Crippen LogP contribution in [0.1, 0.15) is 27.2 Å². The van der Waals surface area contributed by atoms with E-state index in [9.17, 15) is 4.21 Å². The van der Waals surface area contributed by atoms with Crippen LogP contribution in [-0.4, -0.2) is 22.0 Å². The minimum Gasteiger partial charge on any atom is -0.313 e. The van der Waals surface area contributed by atoms with Gasteiger partial charge < -0.3 is 5.32 Å². The maximum atomic E-state index is 12.2. The van der Waals surface area contributed by atoms with Gasteiger partial charge in [-0.25, -0.2) is 0 Å². The van der Waals surface area contributed by atoms with Crippen molar-refractivity contribution >= 4 is 10.8 Å². The summed E-state index contributed by atoms with van der Waals surface area (Å²) in [5.74, 6) is 0. The quantitative estimate of drug-likeness (QED) is 0.826. The van der Waals surface area contributed by atoms with Crippen molar-refractivity contribution in [2.24, 2.45) is 0 Å². The zero-order chi connectivity index (χ0) is 12.0. The second-order valence-corrected chi connectivity index (χ2v) is 5.87. The fourth-order valence-electron chi connectivity index (χ4n) is 1.49. The van der Waals surface area contributed by atoms with Gasteiger partial charge in [-0.3, -0.25) is 4.21 Å². The molecule has 0 saturated carbocycles. The van der Waals surface area contributed by atoms with Gasteiger partial charge in [-0.15, -0.1) is 0 Å². The number of hydrogen-bond donors (Lipinski definition) is 1. The van der Waals surface area contributed by atoms with Crippen LogP contribution in [0.4, 0.5) is 0 Å². The summed E-state index contributed by atoms with van der Waals surface area (Å²) in [6.07, 6.45) is 1.11. The average Bonchev–Trinajstić information content (AvgIpc) is 2.35. The third-order valence-electron chi connectivity index (χ3n) is 2.73. The van der Waals surface area contributed by atoms with Crippen LogP contribution in [0.15, 0.2) is 35.2 Å². The van der Waals surface area contributed by atoms with Crippen LogP contribution in [0.5, 0.6) is 0 Å². The highest BCUT2D eigenvalue weighted by Crippen LogP contribution is 2.13. The van der Waals surface area contributed by atoms with E-state index in [1.165, 1.54) is 0 Å². The van der Waals surface area contributed by atoms with Gasteiger partial charge in [0.2, 0.25) is 0 Å². The summed E-state index contributed by atoms with van der Waals surface area (Å²) in [5.41, 5.74) is 0. The predicted octanol–water partition coefficient (Wildman–Crippen LogP) is 2.57. The normalized spacial score (nSPS) is 16.7. The Morgan fingerprint density at radius 2 is 1.88 bits per heavy atom. The maximum absolute atomic E-state index is 12.2. The molecule has 0 aliphatic rings. The summed E-state index contributed by atoms with van der Waals surface area (Å²) in [6.45, 7) is 7.26. The molecule has 0 saturated heterocycles. The molecule has 0 amide bonds. The number of nitrogens with one attached hydrogen (secondary N) is 1. The van der Waals surface area contributed by atoms with Crippen LogP contribution in [0.2, 0.25) is 0 Å². The molecule has 2 nitrogen and oxygen atoms in total. The molecule has 3 atom stereocenters. The van der Waals surface area contributed by atoms with Crippen molar-refractivity contribution in [2.75, 3.05) is 6.54 Å². The Kier molecular flexibility index (Phi) is 5.71. The Morgan fingerprint density at radius 1 is 1.25 bits per heavy atom. The third kappa shape index (κ3) is 3.72. The van der Waals surface area contributed by atoms with E-state index in [4.69, 9.17) is 0 Å². The molecular formula is C13H21NOS. The second kappa shape index (κ2) is 6.81. The van der Waals surface area contributed by atoms with Crippen molar-refractivity contribution in [3.05, 3.63) is 30.3 Å². The molecule has 0 radical (unpaired) electrons. The van der Waals surface area contributed by atoms with Gasteiger partial charge in [-0.05, 0) is 38.9 Å². The molecule has 3 heteroatoms. The molecule has 0 heterocycles. The topological polar surface area (TPSA) is 29.1 Å². The summed E-state index contributed by atoms with van der Waals surface area (Å²) in [5, 5.41) is 3.52. The van der Waals surface area contributed by atoms with E-state index in [1.807, 2.05) is 37.3 Å². The lowest BCUT2D eigenvalue weighted by Crippen LogP contribution is -2.38. The van der Waals surface area contributed by atoms with Crippen molar-refractivity contribution in [3.8, 4) is 0 Å². The van der Waals surface area contributed by atoms with Gasteiger partial charge in [0.1, 0.15) is 0 Å². The first kappa shape index (κ1) is 13.4. The largest absolute Gasteiger partial charge is 0.313 e. The van der Waals surface area contributed by atoms with Crippen LogP contribution in [-0.2, 0) is 10.8 Å². The lowest BCUT2D eigenvalue weighted by atomic mass is 10.2. The van der Waals surface area contributed by atoms with E-state index < -0.39 is 10.8 Å². The van der Waals surface area contributed by atoms with Crippen molar-refractivity contribution in [3.63, 3.8) is 0 Å². The fraction of sp³-hybridized carbons (Fsp3) is 0.538. The summed E-state index contributed by atoms with van der Waals surface area (Å²) in [6, 6.07) is 9.96. The van der Waals surface area contributed by atoms with Crippen LogP contribution in [0.25, 0.3) is 0 Å². The zero-order valence-electron chi connectivity index (χ0n) is 10.3. The Hall–Kier alpha value is -0.670. The number of hydrogen-bond acceptors (Lipinski definition) is 2. The molecule has 0 bridgehead atoms. The van der Waals surface area contributed by atoms with E-state index in [0.29, 0.717) is 0 Å². The number of benzene rings is 1. The predicted molar refractivity (Wildman–Crippen MR) is 70.1 cm³/mol. The van der Waals surface area contributed by atoms with Crippen molar-refractivity contribution in [2.45, 2.75) is 43.4 Å². The minimum atomic E-state index is -0.924. The molecule has 1 aromatic rings. The van der Waals surface area contributed by atoms with Crippen LogP contribution in [0.3, 0.4) is 0 Å². The first-order chi connectivity index (χ1) is 7.66. The van der Waals surface area contributed by atoms with Crippen LogP contribution < -0.4 is 5.32 Å². The first-order valence-corrected chi connectivity index (χ1v) is 7.07. The lowest BCUT2D eigenvalue weighted by molar-refractivity contribution is 0.531. The zero-order valence-corrected chi connectivity index (χ0v) is 11.1. The summed E-state index contributed by atoms with van der Waals surface area (Å²) < 4.78 is 12.2. The molecule has 90 valence electrons. The van der Waals surface area contributed by atoms with E-state index >= 15 is 0 Å². The minimum absolute atomic E-state index is 0.133. The van der Waals surface area contributed by atoms with E-state index in [0.717, 1.165) is 17.9 Å². The van der Waals surface area contributed by atoms with Crippen molar-refractivity contribution in [1.29, 1.82) is 0 Å². The van der Waals surface area contributed by atoms with Gasteiger partial charge in [-0.2, -0.15) is 0 Å². The number of rotatable bonds is 6. The van der Waals surface area contributed by atoms with Gasteiger partial charge in [0.15, 0.2) is 0 Å². The van der Waals surface area contributed by atoms with Crippen molar-refractivity contribution < 1.29 is 4.21 Å². The average molecular weight is 239 g/mol. The summed E-state index contributed by atoms with van der Waals surface area (Å²) >= 11 is 0. The van der Waals surface area contributed by atoms with Gasteiger partial charge >= 0.3 is 0 Å². The van der Waals surface area contributed by atoms with Gasteiger partial charge in [0.05, 0.1) is 16.0 Å². The Labute approximate surface area is 101 Å². The van der Waals surface area contributed by atoms with Crippen molar-refractivity contribution in [1.82, 2.24) is 5.32 Å². The first-order valence-electron chi connectivity index (χ1n) is 5.85. The molecule has 0 aromatic heterocycles. The molecule has 0 fully saturated rings. The Bertz CT molecular complexity index is 326. The van der Waals surface area contributed by atoms with Gasteiger partial charge in [-0.1, -0.05) is 25.1 Å². The summed E-state index contributed by atoms with van der Waals surface area (Å²) in [4.78, 5) is 0.917. The highest BCUT2D eigenvalue weighted by Gasteiger charge is 2.19. The molecule has 1 N–H and O–H groups in total. The molecule has 1 rings (SSSR count). The van der Waals surface area contributed by atoms with E-state index in [-0.39, 0.29) is 11.3 Å². The third-order valence-corrected chi connectivity index (χ3v) is 4.55. The monoisotopic (exact) mass is 239 g/mol. The Morgan fingerprint density at radius 3 is 2.44 bits per heavy atom. The van der Waals surface area contributed by atoms with Gasteiger partial charge in [0.25, 0.3) is 0 Å². The smallest absolute Gasteiger partial charge is 0.0573 e. The fourth-order valence-corrected chi connectivity index (χ4v) is 2.81. The summed E-state index contributed by atoms with van der Waals surface area (Å²) in [7, 11) is -0.924. The molecular weight excluding hydrogens is 218 g/mol. The van der Waals surface area contributed by atoms with E-state index in [2.05, 4.69) is 19.2 Å². The van der Waals surface area contributed by atoms with Gasteiger partial charge in [0, 0.05) is 10.9 Å². The maximum Gasteiger partial charge on any atom is 0.0573 e. The molecule has 0 aliphatic heterocycles. The molecule has 0 spiro atoms. The highest BCUT2D eigenvalue weighted by atomic mass is 32.2. The standard InChI is InChI=1S/C13H21NOS/c1-4-10-14-11(2)12(3)16(15)13-8-6-5-7-9-13/h5-9,11-12,14H,4,10H2,1-3H3. The SMILES string of the molecule is CCCNC(C)C(C)S(=O)c1ccccc1. The molecule has 16 heavy (non-hydrogen) atoms. The second-order valence-electron chi connectivity index (χ2n) is 4.06.